The van der Waals surface area contributed by atoms with Gasteiger partial charge >= 0.3 is 6.09 Å². The van der Waals surface area contributed by atoms with Crippen molar-refractivity contribution in [2.45, 2.75) is 71.9 Å². The largest absolute Gasteiger partial charge is 0.444 e. The molecule has 2 rings (SSSR count). The fourth-order valence-corrected chi connectivity index (χ4v) is 3.04. The van der Waals surface area contributed by atoms with E-state index in [2.05, 4.69) is 33.1 Å². The van der Waals surface area contributed by atoms with Crippen molar-refractivity contribution >= 4 is 41.7 Å². The number of rotatable bonds is 10. The van der Waals surface area contributed by atoms with E-state index < -0.39 is 11.7 Å². The molecule has 3 N–H and O–H groups in total. The van der Waals surface area contributed by atoms with E-state index in [1.54, 1.807) is 0 Å². The zero-order chi connectivity index (χ0) is 22.7. The highest BCUT2D eigenvalue weighted by Crippen LogP contribution is 2.07. The summed E-state index contributed by atoms with van der Waals surface area (Å²) in [6, 6.07) is 5.90. The number of hydrogen-bond acceptors (Lipinski definition) is 5. The number of pyridine rings is 1. The van der Waals surface area contributed by atoms with Crippen LogP contribution in [0, 0.1) is 0 Å². The molecular weight excluding hydrogens is 521 g/mol. The van der Waals surface area contributed by atoms with E-state index in [1.165, 1.54) is 0 Å². The van der Waals surface area contributed by atoms with Crippen LogP contribution in [-0.2, 0) is 11.2 Å². The van der Waals surface area contributed by atoms with Gasteiger partial charge in [-0.2, -0.15) is 0 Å². The van der Waals surface area contributed by atoms with E-state index in [0.717, 1.165) is 43.2 Å². The molecule has 0 fully saturated rings. The molecule has 0 spiro atoms. The molecule has 0 radical (unpaired) electrons. The van der Waals surface area contributed by atoms with Crippen LogP contribution in [-0.4, -0.2) is 57.9 Å². The molecule has 0 saturated carbocycles. The lowest BCUT2D eigenvalue weighted by molar-refractivity contribution is 0.0522. The van der Waals surface area contributed by atoms with Gasteiger partial charge < -0.3 is 20.7 Å². The first-order valence-electron chi connectivity index (χ1n) is 11.1. The lowest BCUT2D eigenvalue weighted by Gasteiger charge is -2.24. The second kappa shape index (κ2) is 14.1. The first-order chi connectivity index (χ1) is 14.8. The van der Waals surface area contributed by atoms with Crippen LogP contribution in [0.1, 0.15) is 59.7 Å². The van der Waals surface area contributed by atoms with Gasteiger partial charge in [0.15, 0.2) is 11.6 Å². The summed E-state index contributed by atoms with van der Waals surface area (Å²) < 4.78 is 7.32. The summed E-state index contributed by atoms with van der Waals surface area (Å²) in [6.07, 6.45) is 5.29. The Morgan fingerprint density at radius 3 is 2.69 bits per heavy atom. The summed E-state index contributed by atoms with van der Waals surface area (Å²) in [5.41, 5.74) is 0.318. The van der Waals surface area contributed by atoms with Crippen LogP contribution >= 0.6 is 24.0 Å². The van der Waals surface area contributed by atoms with Crippen molar-refractivity contribution in [1.82, 2.24) is 30.5 Å². The summed E-state index contributed by atoms with van der Waals surface area (Å²) in [4.78, 5) is 16.7. The Kier molecular flexibility index (Phi) is 12.3. The van der Waals surface area contributed by atoms with E-state index in [0.29, 0.717) is 19.5 Å². The molecule has 1 atom stereocenters. The number of carbonyl (C=O) groups is 1. The Morgan fingerprint density at radius 1 is 1.22 bits per heavy atom. The molecule has 0 saturated heterocycles. The van der Waals surface area contributed by atoms with Crippen LogP contribution < -0.4 is 16.0 Å². The van der Waals surface area contributed by atoms with Gasteiger partial charge in [-0.1, -0.05) is 25.8 Å². The lowest BCUT2D eigenvalue weighted by Crippen LogP contribution is -2.49. The third-order valence-corrected chi connectivity index (χ3v) is 4.47. The maximum Gasteiger partial charge on any atom is 0.407 e. The minimum Gasteiger partial charge on any atom is -0.444 e. The third-order valence-electron chi connectivity index (χ3n) is 4.47. The second-order valence-corrected chi connectivity index (χ2v) is 8.42. The first kappa shape index (κ1) is 27.9. The average Bonchev–Trinajstić information content (AvgIpc) is 3.12. The van der Waals surface area contributed by atoms with Crippen molar-refractivity contribution in [3.05, 3.63) is 30.2 Å². The number of nitrogens with zero attached hydrogens (tertiary/aromatic N) is 4. The van der Waals surface area contributed by atoms with Crippen molar-refractivity contribution in [2.75, 3.05) is 19.6 Å². The summed E-state index contributed by atoms with van der Waals surface area (Å²) >= 11 is 0. The van der Waals surface area contributed by atoms with Gasteiger partial charge in [0.2, 0.25) is 0 Å². The Balaban J connectivity index is 0.00000512. The lowest BCUT2D eigenvalue weighted by atomic mass is 10.1. The maximum atomic E-state index is 12.0. The quantitative estimate of drug-likeness (QED) is 0.234. The molecule has 0 aliphatic rings. The predicted octanol–water partition coefficient (Wildman–Crippen LogP) is 3.53. The number of hydrogen-bond donors (Lipinski definition) is 3. The van der Waals surface area contributed by atoms with E-state index >= 15 is 0 Å². The molecule has 0 aliphatic heterocycles. The second-order valence-electron chi connectivity index (χ2n) is 8.42. The SMILES string of the molecule is CCCCC(CNC(=O)OC(C)(C)C)NC(=NCCc1nnc2ccccn12)NCC.I. The van der Waals surface area contributed by atoms with Crippen LogP contribution in [0.15, 0.2) is 29.4 Å². The Hall–Kier alpha value is -2.11. The Morgan fingerprint density at radius 2 is 2.00 bits per heavy atom. The predicted molar refractivity (Wildman–Crippen MR) is 139 cm³/mol. The summed E-state index contributed by atoms with van der Waals surface area (Å²) in [5, 5.41) is 18.0. The number of ether oxygens (including phenoxy) is 1. The third kappa shape index (κ3) is 10.0. The molecule has 9 nitrogen and oxygen atoms in total. The van der Waals surface area contributed by atoms with Gasteiger partial charge in [0.1, 0.15) is 11.4 Å². The number of amides is 1. The van der Waals surface area contributed by atoms with Crippen LogP contribution in [0.3, 0.4) is 0 Å². The number of guanidine groups is 1. The number of fused-ring (bicyclic) bond motifs is 1. The smallest absolute Gasteiger partial charge is 0.407 e. The monoisotopic (exact) mass is 559 g/mol. The molecule has 0 bridgehead atoms. The van der Waals surface area contributed by atoms with Gasteiger partial charge in [-0.3, -0.25) is 9.39 Å². The Labute approximate surface area is 208 Å². The maximum absolute atomic E-state index is 12.0. The number of aromatic nitrogens is 3. The molecule has 2 heterocycles. The van der Waals surface area contributed by atoms with Crippen LogP contribution in [0.5, 0.6) is 0 Å². The number of halogens is 1. The molecule has 2 aromatic rings. The van der Waals surface area contributed by atoms with E-state index in [4.69, 9.17) is 9.73 Å². The van der Waals surface area contributed by atoms with Gasteiger partial charge in [-0.15, -0.1) is 34.2 Å². The molecule has 32 heavy (non-hydrogen) atoms. The topological polar surface area (TPSA) is 105 Å². The van der Waals surface area contributed by atoms with E-state index in [-0.39, 0.29) is 30.0 Å². The zero-order valence-electron chi connectivity index (χ0n) is 19.9. The number of alkyl carbamates (subject to hydrolysis) is 1. The summed E-state index contributed by atoms with van der Waals surface area (Å²) in [7, 11) is 0. The van der Waals surface area contributed by atoms with Crippen LogP contribution in [0.4, 0.5) is 4.79 Å². The van der Waals surface area contributed by atoms with Crippen LogP contribution in [0.25, 0.3) is 5.65 Å². The van der Waals surface area contributed by atoms with Crippen molar-refractivity contribution in [1.29, 1.82) is 0 Å². The van der Waals surface area contributed by atoms with Crippen molar-refractivity contribution in [3.63, 3.8) is 0 Å². The van der Waals surface area contributed by atoms with Crippen molar-refractivity contribution in [2.24, 2.45) is 4.99 Å². The van der Waals surface area contributed by atoms with Gasteiger partial charge in [0.25, 0.3) is 0 Å². The number of carbonyl (C=O) groups excluding carboxylic acids is 1. The fourth-order valence-electron chi connectivity index (χ4n) is 3.04. The Bertz CT molecular complexity index is 848. The molecule has 180 valence electrons. The highest BCUT2D eigenvalue weighted by atomic mass is 127. The zero-order valence-corrected chi connectivity index (χ0v) is 22.2. The molecule has 1 unspecified atom stereocenters. The fraction of sp³-hybridized carbons (Fsp3) is 0.636. The van der Waals surface area contributed by atoms with Gasteiger partial charge in [-0.25, -0.2) is 4.79 Å². The molecule has 2 aromatic heterocycles. The first-order valence-corrected chi connectivity index (χ1v) is 11.1. The summed E-state index contributed by atoms with van der Waals surface area (Å²) in [5.74, 6) is 1.60. The average molecular weight is 559 g/mol. The highest BCUT2D eigenvalue weighted by Gasteiger charge is 2.18. The number of nitrogens with one attached hydrogen (secondary N) is 3. The molecule has 0 aliphatic carbocycles. The minimum absolute atomic E-state index is 0. The molecule has 10 heteroatoms. The standard InChI is InChI=1S/C22H37N7O2.HI/c1-6-8-11-17(16-25-21(30)31-22(3,4)5)26-20(23-7-2)24-14-13-19-28-27-18-12-9-10-15-29(18)19;/h9-10,12,15,17H,6-8,11,13-14,16H2,1-5H3,(H,25,30)(H2,23,24,26);1H. The van der Waals surface area contributed by atoms with E-state index in [1.807, 2.05) is 56.5 Å². The highest BCUT2D eigenvalue weighted by molar-refractivity contribution is 14.0. The molecule has 0 aromatic carbocycles. The van der Waals surface area contributed by atoms with Gasteiger partial charge in [-0.05, 0) is 46.2 Å². The number of aliphatic imine (C=N–C) groups is 1. The minimum atomic E-state index is -0.515. The van der Waals surface area contributed by atoms with E-state index in [9.17, 15) is 4.79 Å². The molecule has 1 amide bonds. The number of unbranched alkanes of at least 4 members (excludes halogenated alkanes) is 1. The van der Waals surface area contributed by atoms with Crippen molar-refractivity contribution in [3.8, 4) is 0 Å². The summed E-state index contributed by atoms with van der Waals surface area (Å²) in [6.45, 7) is 11.5. The van der Waals surface area contributed by atoms with Crippen LogP contribution in [0.2, 0.25) is 0 Å². The van der Waals surface area contributed by atoms with Gasteiger partial charge in [0, 0.05) is 38.3 Å². The normalized spacial score (nSPS) is 12.7. The van der Waals surface area contributed by atoms with Gasteiger partial charge in [0.05, 0.1) is 0 Å². The van der Waals surface area contributed by atoms with Crippen molar-refractivity contribution < 1.29 is 9.53 Å². The molecular formula is C22H38IN7O2.